The second-order valence-corrected chi connectivity index (χ2v) is 8.61. The number of hydrogen-bond donors (Lipinski definition) is 3. The zero-order valence-electron chi connectivity index (χ0n) is 17.7. The number of benzene rings is 2. The van der Waals surface area contributed by atoms with Gasteiger partial charge in [-0.25, -0.2) is 17.8 Å². The van der Waals surface area contributed by atoms with Crippen LogP contribution in [0.5, 0.6) is 5.75 Å². The van der Waals surface area contributed by atoms with Crippen LogP contribution in [0, 0.1) is 32.0 Å². The maximum Gasteiger partial charge on any atom is 0.241 e. The first-order valence-corrected chi connectivity index (χ1v) is 11.0. The highest BCUT2D eigenvalue weighted by Gasteiger charge is 2.15. The van der Waals surface area contributed by atoms with Crippen molar-refractivity contribution in [3.05, 3.63) is 59.5 Å². The van der Waals surface area contributed by atoms with Crippen LogP contribution in [0.1, 0.15) is 11.1 Å². The number of aromatic nitrogens is 2. The molecule has 3 N–H and O–H groups in total. The summed E-state index contributed by atoms with van der Waals surface area (Å²) < 4.78 is 46.5. The molecule has 0 unspecified atom stereocenters. The summed E-state index contributed by atoms with van der Waals surface area (Å²) in [5.74, 6) is 2.34. The standard InChI is InChI=1S/C22H22FN5O3S/c1-5-9-25-32(29,30)18-8-6-7-16(12-18)26-21-19(23)13-24-22(28-21)27-17-10-14(2)20(31-4)15(3)11-17/h1,6-8,10-13,25H,9H2,2-4H3,(H2,24,26,27,28). The van der Waals surface area contributed by atoms with Crippen LogP contribution >= 0.6 is 0 Å². The van der Waals surface area contributed by atoms with E-state index in [0.29, 0.717) is 11.4 Å². The van der Waals surface area contributed by atoms with Gasteiger partial charge in [0.2, 0.25) is 16.0 Å². The minimum absolute atomic E-state index is 0.0188. The summed E-state index contributed by atoms with van der Waals surface area (Å²) >= 11 is 0. The van der Waals surface area contributed by atoms with Crippen molar-refractivity contribution in [3.8, 4) is 18.1 Å². The lowest BCUT2D eigenvalue weighted by Gasteiger charge is -2.13. The van der Waals surface area contributed by atoms with E-state index < -0.39 is 15.8 Å². The Balaban J connectivity index is 1.85. The van der Waals surface area contributed by atoms with Gasteiger partial charge in [-0.2, -0.15) is 9.71 Å². The van der Waals surface area contributed by atoms with Gasteiger partial charge in [0.15, 0.2) is 11.6 Å². The number of halogens is 1. The summed E-state index contributed by atoms with van der Waals surface area (Å²) in [5, 5.41) is 5.83. The van der Waals surface area contributed by atoms with E-state index in [2.05, 4.69) is 31.2 Å². The van der Waals surface area contributed by atoms with E-state index in [1.165, 1.54) is 18.2 Å². The van der Waals surface area contributed by atoms with Crippen LogP contribution in [0.2, 0.25) is 0 Å². The maximum absolute atomic E-state index is 14.3. The number of methoxy groups -OCH3 is 1. The average molecular weight is 456 g/mol. The minimum atomic E-state index is -3.79. The van der Waals surface area contributed by atoms with Crippen molar-refractivity contribution < 1.29 is 17.5 Å². The van der Waals surface area contributed by atoms with Gasteiger partial charge in [0.25, 0.3) is 0 Å². The summed E-state index contributed by atoms with van der Waals surface area (Å²) in [5.41, 5.74) is 2.89. The predicted molar refractivity (Wildman–Crippen MR) is 121 cm³/mol. The van der Waals surface area contributed by atoms with E-state index >= 15 is 0 Å². The number of anilines is 4. The van der Waals surface area contributed by atoms with Gasteiger partial charge in [0.05, 0.1) is 24.7 Å². The molecule has 3 rings (SSSR count). The molecule has 0 bridgehead atoms. The fraction of sp³-hybridized carbons (Fsp3) is 0.182. The number of ether oxygens (including phenoxy) is 1. The molecule has 0 aliphatic heterocycles. The normalized spacial score (nSPS) is 11.0. The first-order valence-electron chi connectivity index (χ1n) is 9.48. The predicted octanol–water partition coefficient (Wildman–Crippen LogP) is 3.64. The molecule has 10 heteroatoms. The molecule has 0 spiro atoms. The van der Waals surface area contributed by atoms with E-state index in [-0.39, 0.29) is 23.2 Å². The Morgan fingerprint density at radius 2 is 1.84 bits per heavy atom. The van der Waals surface area contributed by atoms with Gasteiger partial charge < -0.3 is 15.4 Å². The Labute approximate surface area is 186 Å². The number of aryl methyl sites for hydroxylation is 2. The first-order chi connectivity index (χ1) is 15.2. The molecule has 0 saturated heterocycles. The van der Waals surface area contributed by atoms with Crippen LogP contribution in [0.3, 0.4) is 0 Å². The van der Waals surface area contributed by atoms with Gasteiger partial charge in [0, 0.05) is 11.4 Å². The minimum Gasteiger partial charge on any atom is -0.496 e. The number of nitrogens with zero attached hydrogens (tertiary/aromatic N) is 2. The molecule has 1 heterocycles. The zero-order chi connectivity index (χ0) is 23.3. The lowest BCUT2D eigenvalue weighted by molar-refractivity contribution is 0.408. The van der Waals surface area contributed by atoms with Gasteiger partial charge in [-0.05, 0) is 55.3 Å². The van der Waals surface area contributed by atoms with Crippen molar-refractivity contribution in [2.45, 2.75) is 18.7 Å². The Morgan fingerprint density at radius 1 is 1.12 bits per heavy atom. The van der Waals surface area contributed by atoms with Crippen LogP contribution in [-0.2, 0) is 10.0 Å². The maximum atomic E-state index is 14.3. The van der Waals surface area contributed by atoms with Crippen LogP contribution in [0.4, 0.5) is 27.5 Å². The molecule has 0 atom stereocenters. The Hall–Kier alpha value is -3.68. The molecule has 0 aliphatic carbocycles. The van der Waals surface area contributed by atoms with Crippen molar-refractivity contribution in [1.82, 2.24) is 14.7 Å². The first kappa shape index (κ1) is 23.0. The van der Waals surface area contributed by atoms with Gasteiger partial charge in [0.1, 0.15) is 5.75 Å². The summed E-state index contributed by atoms with van der Waals surface area (Å²) in [6.07, 6.45) is 6.13. The Bertz CT molecular complexity index is 1270. The lowest BCUT2D eigenvalue weighted by Crippen LogP contribution is -2.23. The molecular weight excluding hydrogens is 433 g/mol. The molecule has 0 aliphatic rings. The average Bonchev–Trinajstić information content (AvgIpc) is 2.75. The van der Waals surface area contributed by atoms with Crippen LogP contribution < -0.4 is 20.1 Å². The number of sulfonamides is 1. The van der Waals surface area contributed by atoms with Crippen LogP contribution in [0.15, 0.2) is 47.5 Å². The fourth-order valence-corrected chi connectivity index (χ4v) is 4.07. The van der Waals surface area contributed by atoms with Crippen molar-refractivity contribution in [2.75, 3.05) is 24.3 Å². The number of hydrogen-bond acceptors (Lipinski definition) is 7. The van der Waals surface area contributed by atoms with Crippen LogP contribution in [-0.4, -0.2) is 32.0 Å². The number of terminal acetylenes is 1. The van der Waals surface area contributed by atoms with Crippen molar-refractivity contribution in [2.24, 2.45) is 0 Å². The smallest absolute Gasteiger partial charge is 0.241 e. The monoisotopic (exact) mass is 455 g/mol. The highest BCUT2D eigenvalue weighted by atomic mass is 32.2. The van der Waals surface area contributed by atoms with Gasteiger partial charge in [-0.3, -0.25) is 0 Å². The van der Waals surface area contributed by atoms with Crippen molar-refractivity contribution in [1.29, 1.82) is 0 Å². The third-order valence-electron chi connectivity index (χ3n) is 4.44. The van der Waals surface area contributed by atoms with Crippen molar-refractivity contribution >= 4 is 33.2 Å². The molecule has 0 radical (unpaired) electrons. The highest BCUT2D eigenvalue weighted by Crippen LogP contribution is 2.28. The second-order valence-electron chi connectivity index (χ2n) is 6.84. The highest BCUT2D eigenvalue weighted by molar-refractivity contribution is 7.89. The number of rotatable bonds is 8. The van der Waals surface area contributed by atoms with Gasteiger partial charge in [-0.1, -0.05) is 12.0 Å². The molecule has 3 aromatic rings. The number of nitrogens with one attached hydrogen (secondary N) is 3. The van der Waals surface area contributed by atoms with E-state index in [1.807, 2.05) is 26.0 Å². The van der Waals surface area contributed by atoms with Crippen molar-refractivity contribution in [3.63, 3.8) is 0 Å². The molecule has 0 saturated carbocycles. The largest absolute Gasteiger partial charge is 0.496 e. The molecule has 2 aromatic carbocycles. The van der Waals surface area contributed by atoms with Gasteiger partial charge >= 0.3 is 0 Å². The SMILES string of the molecule is C#CCNS(=O)(=O)c1cccc(Nc2nc(Nc3cc(C)c(OC)c(C)c3)ncc2F)c1. The third kappa shape index (κ3) is 5.32. The summed E-state index contributed by atoms with van der Waals surface area (Å²) in [7, 11) is -2.19. The third-order valence-corrected chi connectivity index (χ3v) is 5.83. The molecule has 0 fully saturated rings. The van der Waals surface area contributed by atoms with E-state index in [4.69, 9.17) is 11.2 Å². The molecular formula is C22H22FN5O3S. The Kier molecular flexibility index (Phi) is 6.92. The molecule has 1 aromatic heterocycles. The van der Waals surface area contributed by atoms with E-state index in [9.17, 15) is 12.8 Å². The molecule has 166 valence electrons. The molecule has 32 heavy (non-hydrogen) atoms. The second kappa shape index (κ2) is 9.64. The summed E-state index contributed by atoms with van der Waals surface area (Å²) in [4.78, 5) is 8.13. The molecule has 8 nitrogen and oxygen atoms in total. The van der Waals surface area contributed by atoms with E-state index in [1.54, 1.807) is 13.2 Å². The van der Waals surface area contributed by atoms with E-state index in [0.717, 1.165) is 23.1 Å². The van der Waals surface area contributed by atoms with Crippen LogP contribution in [0.25, 0.3) is 0 Å². The quantitative estimate of drug-likeness (QED) is 0.446. The zero-order valence-corrected chi connectivity index (χ0v) is 18.5. The molecule has 0 amide bonds. The summed E-state index contributed by atoms with van der Waals surface area (Å²) in [6, 6.07) is 9.59. The lowest BCUT2D eigenvalue weighted by atomic mass is 10.1. The topological polar surface area (TPSA) is 105 Å². The van der Waals surface area contributed by atoms with Gasteiger partial charge in [-0.15, -0.1) is 6.42 Å². The summed E-state index contributed by atoms with van der Waals surface area (Å²) in [6.45, 7) is 3.68. The Morgan fingerprint density at radius 3 is 2.50 bits per heavy atom. The fourth-order valence-electron chi connectivity index (χ4n) is 3.09.